The van der Waals surface area contributed by atoms with E-state index in [1.54, 1.807) is 0 Å². The summed E-state index contributed by atoms with van der Waals surface area (Å²) in [5.41, 5.74) is -1.50. The Kier molecular flexibility index (Phi) is 7.04. The first-order chi connectivity index (χ1) is 15.8. The molecule has 2 unspecified atom stereocenters. The summed E-state index contributed by atoms with van der Waals surface area (Å²) < 4.78 is 146. The maximum atomic E-state index is 14.9. The summed E-state index contributed by atoms with van der Waals surface area (Å²) in [6.45, 7) is 0. The zero-order chi connectivity index (χ0) is 26.7. The van der Waals surface area contributed by atoms with Crippen molar-refractivity contribution < 1.29 is 47.9 Å². The molecule has 2 aromatic rings. The molecule has 3 rings (SSSR count). The molecule has 1 radical (unpaired) electrons. The predicted octanol–water partition coefficient (Wildman–Crippen LogP) is 7.54. The minimum absolute atomic E-state index is 0.369. The van der Waals surface area contributed by atoms with E-state index in [-0.39, 0.29) is 5.56 Å². The highest BCUT2D eigenvalue weighted by Crippen LogP contribution is 2.61. The Morgan fingerprint density at radius 2 is 1.26 bits per heavy atom. The highest BCUT2D eigenvalue weighted by molar-refractivity contribution is 9.12. The second-order valence-electron chi connectivity index (χ2n) is 7.65. The fourth-order valence-electron chi connectivity index (χ4n) is 3.80. The van der Waals surface area contributed by atoms with Crippen molar-refractivity contribution in [3.63, 3.8) is 0 Å². The van der Waals surface area contributed by atoms with Crippen LogP contribution in [0, 0.1) is 18.1 Å². The van der Waals surface area contributed by atoms with Gasteiger partial charge < -0.3 is 0 Å². The summed E-state index contributed by atoms with van der Waals surface area (Å²) >= 11 is 5.88. The first kappa shape index (κ1) is 28.0. The van der Waals surface area contributed by atoms with E-state index in [9.17, 15) is 47.9 Å². The second kappa shape index (κ2) is 8.79. The third kappa shape index (κ3) is 4.22. The zero-order valence-corrected chi connectivity index (χ0v) is 20.9. The van der Waals surface area contributed by atoms with Crippen molar-refractivity contribution >= 4 is 41.7 Å². The van der Waals surface area contributed by atoms with Gasteiger partial charge in [0.05, 0.1) is 4.32 Å². The van der Waals surface area contributed by atoms with Crippen molar-refractivity contribution in [1.82, 2.24) is 0 Å². The monoisotopic (exact) mass is 657 g/mol. The van der Waals surface area contributed by atoms with E-state index in [1.165, 1.54) is 12.1 Å². The lowest BCUT2D eigenvalue weighted by Gasteiger charge is -2.45. The van der Waals surface area contributed by atoms with Crippen molar-refractivity contribution in [2.75, 3.05) is 0 Å². The van der Waals surface area contributed by atoms with E-state index < -0.39 is 64.4 Å². The van der Waals surface area contributed by atoms with Crippen LogP contribution in [-0.2, 0) is 18.9 Å². The topological polar surface area (TPSA) is 34.1 Å². The van der Waals surface area contributed by atoms with Gasteiger partial charge >= 0.3 is 17.4 Å². The summed E-state index contributed by atoms with van der Waals surface area (Å²) in [4.78, 5) is 0. The number of hydrogen-bond acceptors (Lipinski definition) is 2. The Balaban J connectivity index is 2.42. The number of sulfone groups is 1. The maximum Gasteiger partial charge on any atom is 0.461 e. The fraction of sp³-hybridized carbons (Fsp3) is 0.286. The minimum atomic E-state index is -7.05. The molecule has 1 aliphatic carbocycles. The number of alkyl halides is 8. The average Bonchev–Trinajstić information content (AvgIpc) is 2.72. The molecule has 0 saturated heterocycles. The lowest BCUT2D eigenvalue weighted by atomic mass is 9.78. The molecule has 1 aliphatic rings. The lowest BCUT2D eigenvalue weighted by Crippen LogP contribution is -2.61. The van der Waals surface area contributed by atoms with E-state index in [1.807, 2.05) is 0 Å². The largest absolute Gasteiger partial charge is 0.461 e. The number of rotatable bonds is 5. The highest BCUT2D eigenvalue weighted by atomic mass is 79.9. The van der Waals surface area contributed by atoms with Gasteiger partial charge in [0.15, 0.2) is 0 Å². The Morgan fingerprint density at radius 1 is 0.800 bits per heavy atom. The van der Waals surface area contributed by atoms with E-state index >= 15 is 0 Å². The molecule has 2 nitrogen and oxygen atoms in total. The Labute approximate surface area is 210 Å². The first-order valence-corrected chi connectivity index (χ1v) is 12.4. The van der Waals surface area contributed by atoms with E-state index in [4.69, 9.17) is 0 Å². The summed E-state index contributed by atoms with van der Waals surface area (Å²) in [5.74, 6) is -9.52. The standard InChI is InChI=1S/C21H12Br2F9O2S/c22-12-9-17(23,13-5-1-3-7-15(13)24)11-18(10-12,14-6-2-4-8-16(14)25)35(33,34)21(31,32)19(26,27)20(28,29)30/h1-10H,11H2. The van der Waals surface area contributed by atoms with Gasteiger partial charge in [0.25, 0.3) is 0 Å². The van der Waals surface area contributed by atoms with Crippen LogP contribution in [0.15, 0.2) is 59.1 Å². The number of benzene rings is 2. The Hall–Kier alpha value is -1.54. The second-order valence-corrected chi connectivity index (χ2v) is 12.2. The Morgan fingerprint density at radius 3 is 1.71 bits per heavy atom. The van der Waals surface area contributed by atoms with Crippen LogP contribution in [0.4, 0.5) is 39.5 Å². The van der Waals surface area contributed by atoms with Crippen LogP contribution in [0.25, 0.3) is 0 Å². The molecule has 0 spiro atoms. The number of halogens is 11. The van der Waals surface area contributed by atoms with Crippen LogP contribution < -0.4 is 0 Å². The molecular formula is C21H12Br2F9O2S. The molecule has 0 bridgehead atoms. The predicted molar refractivity (Wildman–Crippen MR) is 116 cm³/mol. The van der Waals surface area contributed by atoms with Gasteiger partial charge in [0.1, 0.15) is 16.4 Å². The molecule has 0 saturated carbocycles. The minimum Gasteiger partial charge on any atom is -0.221 e. The SMILES string of the molecule is O=S(=O)(C1(c2ccccc2F)C=C(Br)[CH]C(Br)(c2ccccc2F)C1)C(F)(F)C(F)(F)C(F)(F)F. The van der Waals surface area contributed by atoms with Crippen molar-refractivity contribution in [3.8, 4) is 0 Å². The molecule has 14 heteroatoms. The molecule has 0 heterocycles. The van der Waals surface area contributed by atoms with Gasteiger partial charge in [-0.1, -0.05) is 68.3 Å². The molecule has 35 heavy (non-hydrogen) atoms. The van der Waals surface area contributed by atoms with Gasteiger partial charge in [-0.15, -0.1) is 0 Å². The number of hydrogen-bond donors (Lipinski definition) is 0. The van der Waals surface area contributed by atoms with Crippen LogP contribution in [0.5, 0.6) is 0 Å². The zero-order valence-electron chi connectivity index (χ0n) is 16.9. The van der Waals surface area contributed by atoms with Crippen molar-refractivity contribution in [1.29, 1.82) is 0 Å². The van der Waals surface area contributed by atoms with Gasteiger partial charge in [-0.25, -0.2) is 17.2 Å². The molecule has 191 valence electrons. The van der Waals surface area contributed by atoms with Gasteiger partial charge in [-0.3, -0.25) is 0 Å². The lowest BCUT2D eigenvalue weighted by molar-refractivity contribution is -0.332. The summed E-state index contributed by atoms with van der Waals surface area (Å²) in [6.07, 6.45) is -6.80. The smallest absolute Gasteiger partial charge is 0.221 e. The van der Waals surface area contributed by atoms with Crippen LogP contribution in [-0.4, -0.2) is 25.8 Å². The van der Waals surface area contributed by atoms with Crippen LogP contribution in [0.2, 0.25) is 0 Å². The average molecular weight is 659 g/mol. The van der Waals surface area contributed by atoms with E-state index in [0.717, 1.165) is 30.7 Å². The molecule has 0 fully saturated rings. The molecular weight excluding hydrogens is 647 g/mol. The van der Waals surface area contributed by atoms with Gasteiger partial charge in [-0.05, 0) is 29.1 Å². The third-order valence-electron chi connectivity index (χ3n) is 5.45. The summed E-state index contributed by atoms with van der Waals surface area (Å²) in [6, 6.07) is 7.83. The molecule has 0 amide bonds. The van der Waals surface area contributed by atoms with Gasteiger partial charge in [0, 0.05) is 17.5 Å². The maximum absolute atomic E-state index is 14.9. The van der Waals surface area contributed by atoms with Crippen LogP contribution >= 0.6 is 31.9 Å². The molecule has 2 atom stereocenters. The summed E-state index contributed by atoms with van der Waals surface area (Å²) in [7, 11) is -6.99. The Bertz CT molecular complexity index is 1280. The normalized spacial score (nSPS) is 24.3. The highest BCUT2D eigenvalue weighted by Gasteiger charge is 2.81. The van der Waals surface area contributed by atoms with Crippen molar-refractivity contribution in [2.24, 2.45) is 0 Å². The van der Waals surface area contributed by atoms with E-state index in [0.29, 0.717) is 18.2 Å². The quantitative estimate of drug-likeness (QED) is 0.246. The third-order valence-corrected chi connectivity index (χ3v) is 9.21. The first-order valence-electron chi connectivity index (χ1n) is 9.34. The molecule has 0 N–H and O–H groups in total. The van der Waals surface area contributed by atoms with Crippen molar-refractivity contribution in [2.45, 2.75) is 32.8 Å². The molecule has 0 aromatic heterocycles. The molecule has 0 aliphatic heterocycles. The van der Waals surface area contributed by atoms with Gasteiger partial charge in [0.2, 0.25) is 9.84 Å². The van der Waals surface area contributed by atoms with Crippen molar-refractivity contribution in [3.05, 3.63) is 88.3 Å². The van der Waals surface area contributed by atoms with E-state index in [2.05, 4.69) is 31.9 Å². The van der Waals surface area contributed by atoms with Crippen LogP contribution in [0.3, 0.4) is 0 Å². The van der Waals surface area contributed by atoms with Gasteiger partial charge in [-0.2, -0.15) is 30.7 Å². The molecule has 2 aromatic carbocycles. The number of allylic oxidation sites excluding steroid dienone is 1. The summed E-state index contributed by atoms with van der Waals surface area (Å²) in [5, 5.41) is -6.76. The van der Waals surface area contributed by atoms with Crippen LogP contribution in [0.1, 0.15) is 17.5 Å². The fourth-order valence-corrected chi connectivity index (χ4v) is 8.30.